The average Bonchev–Trinajstić information content (AvgIpc) is 2.99. The molecule has 0 fully saturated rings. The van der Waals surface area contributed by atoms with Gasteiger partial charge in [-0.1, -0.05) is 25.5 Å². The van der Waals surface area contributed by atoms with E-state index in [4.69, 9.17) is 4.74 Å². The van der Waals surface area contributed by atoms with Gasteiger partial charge in [-0.3, -0.25) is 14.9 Å². The maximum atomic E-state index is 13.2. The number of nitrogens with zero attached hydrogens (tertiary/aromatic N) is 2. The van der Waals surface area contributed by atoms with Gasteiger partial charge in [0.2, 0.25) is 0 Å². The molecule has 1 N–H and O–H groups in total. The van der Waals surface area contributed by atoms with Crippen molar-refractivity contribution in [1.29, 1.82) is 0 Å². The van der Waals surface area contributed by atoms with Crippen LogP contribution in [0.15, 0.2) is 58.3 Å². The summed E-state index contributed by atoms with van der Waals surface area (Å²) in [6, 6.07) is 13.5. The lowest BCUT2D eigenvalue weighted by molar-refractivity contribution is 0.414. The standard InChI is InChI=1S/C21H22FN3O2/c1-3-4-20-19(14-23-13-15-5-11-18(27-2)12-6-15)21(26)25(24-20)17-9-7-16(22)8-10-17/h5-12,14,24H,3-4,13H2,1-2H3. The van der Waals surface area contributed by atoms with Crippen molar-refractivity contribution in [2.75, 3.05) is 7.11 Å². The molecule has 1 aromatic heterocycles. The molecular formula is C21H22FN3O2. The zero-order valence-electron chi connectivity index (χ0n) is 15.4. The van der Waals surface area contributed by atoms with E-state index < -0.39 is 0 Å². The second kappa shape index (κ2) is 8.49. The zero-order valence-corrected chi connectivity index (χ0v) is 15.4. The molecule has 0 aliphatic rings. The summed E-state index contributed by atoms with van der Waals surface area (Å²) in [5, 5.41) is 3.12. The molecule has 0 spiro atoms. The summed E-state index contributed by atoms with van der Waals surface area (Å²) in [5.74, 6) is 0.453. The third kappa shape index (κ3) is 4.34. The van der Waals surface area contributed by atoms with E-state index in [9.17, 15) is 9.18 Å². The fourth-order valence-corrected chi connectivity index (χ4v) is 2.81. The first-order valence-corrected chi connectivity index (χ1v) is 8.85. The summed E-state index contributed by atoms with van der Waals surface area (Å²) in [6.45, 7) is 2.52. The van der Waals surface area contributed by atoms with Crippen LogP contribution in [0.5, 0.6) is 5.75 Å². The SMILES string of the molecule is CCCc1[nH]n(-c2ccc(F)cc2)c(=O)c1C=NCc1ccc(OC)cc1. The first-order chi connectivity index (χ1) is 13.1. The second-order valence-corrected chi connectivity index (χ2v) is 6.19. The zero-order chi connectivity index (χ0) is 19.2. The first-order valence-electron chi connectivity index (χ1n) is 8.85. The number of ether oxygens (including phenoxy) is 1. The number of aromatic nitrogens is 2. The summed E-state index contributed by atoms with van der Waals surface area (Å²) in [6.07, 6.45) is 3.24. The molecule has 5 nitrogen and oxygen atoms in total. The van der Waals surface area contributed by atoms with Crippen molar-refractivity contribution in [3.8, 4) is 11.4 Å². The fourth-order valence-electron chi connectivity index (χ4n) is 2.81. The minimum Gasteiger partial charge on any atom is -0.497 e. The Labute approximate surface area is 157 Å². The van der Waals surface area contributed by atoms with Crippen molar-refractivity contribution in [3.63, 3.8) is 0 Å². The molecule has 0 unspecified atom stereocenters. The molecule has 0 saturated carbocycles. The average molecular weight is 367 g/mol. The molecule has 2 aromatic carbocycles. The molecule has 0 aliphatic heterocycles. The lowest BCUT2D eigenvalue weighted by atomic mass is 10.2. The number of H-pyrrole nitrogens is 1. The number of nitrogens with one attached hydrogen (secondary N) is 1. The van der Waals surface area contributed by atoms with Gasteiger partial charge in [-0.25, -0.2) is 9.07 Å². The van der Waals surface area contributed by atoms with Crippen LogP contribution in [0.1, 0.15) is 30.2 Å². The van der Waals surface area contributed by atoms with Crippen LogP contribution in [0.25, 0.3) is 5.69 Å². The van der Waals surface area contributed by atoms with E-state index in [1.807, 2.05) is 31.2 Å². The van der Waals surface area contributed by atoms with Crippen LogP contribution in [-0.4, -0.2) is 23.1 Å². The van der Waals surface area contributed by atoms with Crippen LogP contribution >= 0.6 is 0 Å². The molecule has 6 heteroatoms. The highest BCUT2D eigenvalue weighted by molar-refractivity contribution is 5.80. The molecule has 0 aliphatic carbocycles. The van der Waals surface area contributed by atoms with E-state index in [1.165, 1.54) is 16.8 Å². The molecule has 3 aromatic rings. The number of rotatable bonds is 7. The van der Waals surface area contributed by atoms with Gasteiger partial charge in [-0.05, 0) is 48.4 Å². The van der Waals surface area contributed by atoms with Crippen LogP contribution in [0.4, 0.5) is 4.39 Å². The third-order valence-corrected chi connectivity index (χ3v) is 4.24. The third-order valence-electron chi connectivity index (χ3n) is 4.24. The van der Waals surface area contributed by atoms with Crippen LogP contribution in [0.2, 0.25) is 0 Å². The van der Waals surface area contributed by atoms with Crippen molar-refractivity contribution in [1.82, 2.24) is 9.78 Å². The van der Waals surface area contributed by atoms with Gasteiger partial charge in [0.05, 0.1) is 24.9 Å². The Bertz CT molecular complexity index is 970. The largest absolute Gasteiger partial charge is 0.497 e. The molecule has 0 radical (unpaired) electrons. The number of methoxy groups -OCH3 is 1. The molecule has 1 heterocycles. The van der Waals surface area contributed by atoms with Crippen molar-refractivity contribution in [2.45, 2.75) is 26.3 Å². The van der Waals surface area contributed by atoms with Crippen LogP contribution in [0.3, 0.4) is 0 Å². The quantitative estimate of drug-likeness (QED) is 0.644. The van der Waals surface area contributed by atoms with Gasteiger partial charge in [0.1, 0.15) is 11.6 Å². The number of aromatic amines is 1. The Morgan fingerprint density at radius 1 is 1.15 bits per heavy atom. The van der Waals surface area contributed by atoms with Gasteiger partial charge in [0.15, 0.2) is 0 Å². The molecule has 0 atom stereocenters. The maximum Gasteiger partial charge on any atom is 0.280 e. The van der Waals surface area contributed by atoms with Crippen molar-refractivity contribution in [2.24, 2.45) is 4.99 Å². The summed E-state index contributed by atoms with van der Waals surface area (Å²) in [7, 11) is 1.63. The molecule has 0 bridgehead atoms. The number of aliphatic imine (C=N–C) groups is 1. The van der Waals surface area contributed by atoms with Crippen LogP contribution < -0.4 is 10.3 Å². The summed E-state index contributed by atoms with van der Waals surface area (Å²) in [4.78, 5) is 17.2. The molecule has 27 heavy (non-hydrogen) atoms. The minimum atomic E-state index is -0.339. The van der Waals surface area contributed by atoms with Crippen LogP contribution in [-0.2, 0) is 13.0 Å². The van der Waals surface area contributed by atoms with E-state index in [0.717, 1.165) is 29.8 Å². The number of hydrogen-bond donors (Lipinski definition) is 1. The van der Waals surface area contributed by atoms with Gasteiger partial charge in [-0.15, -0.1) is 0 Å². The molecule has 3 rings (SSSR count). The number of aryl methyl sites for hydroxylation is 1. The van der Waals surface area contributed by atoms with Gasteiger partial charge in [0, 0.05) is 11.9 Å². The molecule has 0 amide bonds. The lowest BCUT2D eigenvalue weighted by Gasteiger charge is -2.01. The summed E-state index contributed by atoms with van der Waals surface area (Å²) < 4.78 is 19.7. The predicted octanol–water partition coefficient (Wildman–Crippen LogP) is 3.88. The van der Waals surface area contributed by atoms with Crippen molar-refractivity contribution >= 4 is 6.21 Å². The van der Waals surface area contributed by atoms with Crippen LogP contribution in [0, 0.1) is 5.82 Å². The van der Waals surface area contributed by atoms with E-state index >= 15 is 0 Å². The Balaban J connectivity index is 1.86. The van der Waals surface area contributed by atoms with E-state index in [0.29, 0.717) is 17.8 Å². The number of hydrogen-bond acceptors (Lipinski definition) is 3. The highest BCUT2D eigenvalue weighted by Crippen LogP contribution is 2.13. The Morgan fingerprint density at radius 3 is 2.48 bits per heavy atom. The van der Waals surface area contributed by atoms with Crippen molar-refractivity contribution < 1.29 is 9.13 Å². The lowest BCUT2D eigenvalue weighted by Crippen LogP contribution is -2.17. The topological polar surface area (TPSA) is 59.4 Å². The van der Waals surface area contributed by atoms with E-state index in [-0.39, 0.29) is 11.4 Å². The molecule has 0 saturated heterocycles. The van der Waals surface area contributed by atoms with Gasteiger partial charge in [-0.2, -0.15) is 0 Å². The van der Waals surface area contributed by atoms with E-state index in [2.05, 4.69) is 10.1 Å². The number of halogens is 1. The smallest absolute Gasteiger partial charge is 0.280 e. The normalized spacial score (nSPS) is 11.2. The van der Waals surface area contributed by atoms with Gasteiger partial charge < -0.3 is 4.74 Å². The van der Waals surface area contributed by atoms with Gasteiger partial charge in [0.25, 0.3) is 5.56 Å². The minimum absolute atomic E-state index is 0.191. The Hall–Kier alpha value is -3.15. The second-order valence-electron chi connectivity index (χ2n) is 6.19. The Kier molecular flexibility index (Phi) is 5.86. The maximum absolute atomic E-state index is 13.2. The summed E-state index contributed by atoms with van der Waals surface area (Å²) in [5.41, 5.74) is 2.79. The fraction of sp³-hybridized carbons (Fsp3) is 0.238. The first kappa shape index (κ1) is 18.6. The summed E-state index contributed by atoms with van der Waals surface area (Å²) >= 11 is 0. The highest BCUT2D eigenvalue weighted by atomic mass is 19.1. The number of benzene rings is 2. The van der Waals surface area contributed by atoms with Gasteiger partial charge >= 0.3 is 0 Å². The van der Waals surface area contributed by atoms with E-state index in [1.54, 1.807) is 25.5 Å². The highest BCUT2D eigenvalue weighted by Gasteiger charge is 2.13. The van der Waals surface area contributed by atoms with Crippen molar-refractivity contribution in [3.05, 3.63) is 81.5 Å². The molecule has 140 valence electrons. The molecular weight excluding hydrogens is 345 g/mol. The monoisotopic (exact) mass is 367 g/mol. The Morgan fingerprint density at radius 2 is 1.85 bits per heavy atom. The predicted molar refractivity (Wildman–Crippen MR) is 105 cm³/mol.